The molecule has 1 aliphatic heterocycles. The molecular formula is C16H23NO3S. The van der Waals surface area contributed by atoms with E-state index in [1.807, 2.05) is 13.0 Å². The van der Waals surface area contributed by atoms with E-state index in [2.05, 4.69) is 13.8 Å². The molecule has 2 unspecified atom stereocenters. The van der Waals surface area contributed by atoms with Crippen LogP contribution in [0.15, 0.2) is 6.07 Å². The summed E-state index contributed by atoms with van der Waals surface area (Å²) in [7, 11) is 0. The maximum atomic E-state index is 12.7. The van der Waals surface area contributed by atoms with E-state index < -0.39 is 12.0 Å². The van der Waals surface area contributed by atoms with Crippen molar-refractivity contribution in [2.45, 2.75) is 52.5 Å². The van der Waals surface area contributed by atoms with Gasteiger partial charge in [0.1, 0.15) is 6.04 Å². The standard InChI is InChI=1S/C16H23NO3S/c1-4-11-6-7-17(13(8-11)16(19)20)15(18)14-9-12(5-2)10(3)21-14/h9,11,13H,4-8H2,1-3H3,(H,19,20). The van der Waals surface area contributed by atoms with Crippen molar-refractivity contribution >= 4 is 23.2 Å². The fraction of sp³-hybridized carbons (Fsp3) is 0.625. The van der Waals surface area contributed by atoms with Gasteiger partial charge in [0.05, 0.1) is 4.88 Å². The maximum absolute atomic E-state index is 12.7. The SMILES string of the molecule is CCc1cc(C(=O)N2CCC(CC)CC2C(=O)O)sc1C. The molecule has 21 heavy (non-hydrogen) atoms. The van der Waals surface area contributed by atoms with Gasteiger partial charge in [-0.25, -0.2) is 4.79 Å². The van der Waals surface area contributed by atoms with Crippen LogP contribution in [-0.2, 0) is 11.2 Å². The summed E-state index contributed by atoms with van der Waals surface area (Å²) in [5.41, 5.74) is 1.18. The molecule has 0 saturated carbocycles. The minimum Gasteiger partial charge on any atom is -0.480 e. The molecule has 116 valence electrons. The molecule has 1 aliphatic rings. The molecule has 0 aromatic carbocycles. The highest BCUT2D eigenvalue weighted by atomic mass is 32.1. The molecule has 1 N–H and O–H groups in total. The van der Waals surface area contributed by atoms with Gasteiger partial charge in [-0.05, 0) is 43.7 Å². The molecule has 0 aliphatic carbocycles. The van der Waals surface area contributed by atoms with Gasteiger partial charge in [-0.2, -0.15) is 0 Å². The highest BCUT2D eigenvalue weighted by Gasteiger charge is 2.36. The third kappa shape index (κ3) is 3.28. The predicted molar refractivity (Wildman–Crippen MR) is 83.9 cm³/mol. The highest BCUT2D eigenvalue weighted by Crippen LogP contribution is 2.29. The van der Waals surface area contributed by atoms with Crippen molar-refractivity contribution in [3.05, 3.63) is 21.4 Å². The van der Waals surface area contributed by atoms with Crippen molar-refractivity contribution in [1.29, 1.82) is 0 Å². The van der Waals surface area contributed by atoms with Crippen LogP contribution >= 0.6 is 11.3 Å². The summed E-state index contributed by atoms with van der Waals surface area (Å²) in [6.45, 7) is 6.71. The van der Waals surface area contributed by atoms with E-state index in [4.69, 9.17) is 0 Å². The lowest BCUT2D eigenvalue weighted by Crippen LogP contribution is -2.49. The Morgan fingerprint density at radius 3 is 2.67 bits per heavy atom. The normalized spacial score (nSPS) is 22.3. The van der Waals surface area contributed by atoms with Gasteiger partial charge in [0, 0.05) is 11.4 Å². The molecule has 0 radical (unpaired) electrons. The first-order chi connectivity index (χ1) is 9.97. The lowest BCUT2D eigenvalue weighted by Gasteiger charge is -2.36. The Kier molecular flexibility index (Phi) is 5.04. The second kappa shape index (κ2) is 6.60. The molecule has 1 fully saturated rings. The second-order valence-corrected chi connectivity index (χ2v) is 6.95. The third-order valence-corrected chi connectivity index (χ3v) is 5.53. The summed E-state index contributed by atoms with van der Waals surface area (Å²) >= 11 is 1.48. The second-order valence-electron chi connectivity index (χ2n) is 5.70. The maximum Gasteiger partial charge on any atom is 0.326 e. The molecule has 2 atom stereocenters. The van der Waals surface area contributed by atoms with Crippen LogP contribution in [-0.4, -0.2) is 34.5 Å². The van der Waals surface area contributed by atoms with Crippen LogP contribution in [0.4, 0.5) is 0 Å². The van der Waals surface area contributed by atoms with Crippen molar-refractivity contribution < 1.29 is 14.7 Å². The van der Waals surface area contributed by atoms with Crippen molar-refractivity contribution in [2.75, 3.05) is 6.54 Å². The summed E-state index contributed by atoms with van der Waals surface area (Å²) in [4.78, 5) is 27.5. The Hall–Kier alpha value is -1.36. The van der Waals surface area contributed by atoms with E-state index in [9.17, 15) is 14.7 Å². The number of aliphatic carboxylic acids is 1. The van der Waals surface area contributed by atoms with Crippen molar-refractivity contribution in [1.82, 2.24) is 4.90 Å². The lowest BCUT2D eigenvalue weighted by atomic mass is 9.89. The minimum absolute atomic E-state index is 0.121. The number of hydrogen-bond acceptors (Lipinski definition) is 3. The molecule has 1 amide bonds. The number of nitrogens with zero attached hydrogens (tertiary/aromatic N) is 1. The van der Waals surface area contributed by atoms with Gasteiger partial charge in [0.25, 0.3) is 5.91 Å². The van der Waals surface area contributed by atoms with Gasteiger partial charge in [0.15, 0.2) is 0 Å². The number of rotatable bonds is 4. The number of aryl methyl sites for hydroxylation is 2. The minimum atomic E-state index is -0.884. The van der Waals surface area contributed by atoms with Crippen LogP contribution in [0.3, 0.4) is 0 Å². The number of carbonyl (C=O) groups is 2. The van der Waals surface area contributed by atoms with Crippen LogP contribution in [0.2, 0.25) is 0 Å². The summed E-state index contributed by atoms with van der Waals surface area (Å²) in [6.07, 6.45) is 3.35. The summed E-state index contributed by atoms with van der Waals surface area (Å²) in [6, 6.07) is 1.25. The monoisotopic (exact) mass is 309 g/mol. The van der Waals surface area contributed by atoms with E-state index in [0.29, 0.717) is 23.8 Å². The molecular weight excluding hydrogens is 286 g/mol. The summed E-state index contributed by atoms with van der Waals surface area (Å²) in [5.74, 6) is -0.596. The largest absolute Gasteiger partial charge is 0.480 e. The number of carboxylic acid groups (broad SMARTS) is 1. The molecule has 5 heteroatoms. The number of amides is 1. The lowest BCUT2D eigenvalue weighted by molar-refractivity contribution is -0.144. The van der Waals surface area contributed by atoms with Crippen LogP contribution < -0.4 is 0 Å². The Morgan fingerprint density at radius 1 is 1.43 bits per heavy atom. The number of hydrogen-bond donors (Lipinski definition) is 1. The molecule has 0 spiro atoms. The van der Waals surface area contributed by atoms with E-state index >= 15 is 0 Å². The predicted octanol–water partition coefficient (Wildman–Crippen LogP) is 3.33. The number of piperidine rings is 1. The number of carbonyl (C=O) groups excluding carboxylic acids is 1. The first-order valence-corrected chi connectivity index (χ1v) is 8.42. The van der Waals surface area contributed by atoms with Gasteiger partial charge < -0.3 is 10.0 Å². The Balaban J connectivity index is 2.21. The zero-order valence-corrected chi connectivity index (χ0v) is 13.7. The van der Waals surface area contributed by atoms with Gasteiger partial charge in [-0.3, -0.25) is 4.79 Å². The molecule has 2 rings (SSSR count). The average molecular weight is 309 g/mol. The molecule has 1 aromatic rings. The van der Waals surface area contributed by atoms with E-state index in [1.54, 1.807) is 4.90 Å². The summed E-state index contributed by atoms with van der Waals surface area (Å²) in [5, 5.41) is 9.43. The van der Waals surface area contributed by atoms with E-state index in [0.717, 1.165) is 24.1 Å². The fourth-order valence-electron chi connectivity index (χ4n) is 3.00. The number of thiophene rings is 1. The highest BCUT2D eigenvalue weighted by molar-refractivity contribution is 7.14. The van der Waals surface area contributed by atoms with Crippen molar-refractivity contribution in [2.24, 2.45) is 5.92 Å². The Morgan fingerprint density at radius 2 is 2.14 bits per heavy atom. The summed E-state index contributed by atoms with van der Waals surface area (Å²) < 4.78 is 0. The molecule has 1 aromatic heterocycles. The molecule has 0 bridgehead atoms. The van der Waals surface area contributed by atoms with Crippen molar-refractivity contribution in [3.63, 3.8) is 0 Å². The van der Waals surface area contributed by atoms with Crippen LogP contribution in [0.1, 0.15) is 53.2 Å². The zero-order chi connectivity index (χ0) is 15.6. The van der Waals surface area contributed by atoms with Crippen LogP contribution in [0.25, 0.3) is 0 Å². The quantitative estimate of drug-likeness (QED) is 0.928. The van der Waals surface area contributed by atoms with Gasteiger partial charge in [-0.1, -0.05) is 20.3 Å². The van der Waals surface area contributed by atoms with Crippen LogP contribution in [0, 0.1) is 12.8 Å². The van der Waals surface area contributed by atoms with Crippen molar-refractivity contribution in [3.8, 4) is 0 Å². The topological polar surface area (TPSA) is 57.6 Å². The zero-order valence-electron chi connectivity index (χ0n) is 12.9. The van der Waals surface area contributed by atoms with E-state index in [1.165, 1.54) is 16.9 Å². The number of likely N-dealkylation sites (tertiary alicyclic amines) is 1. The first kappa shape index (κ1) is 16.0. The molecule has 4 nitrogen and oxygen atoms in total. The molecule has 2 heterocycles. The third-order valence-electron chi connectivity index (χ3n) is 4.45. The van der Waals surface area contributed by atoms with Gasteiger partial charge in [-0.15, -0.1) is 11.3 Å². The van der Waals surface area contributed by atoms with E-state index in [-0.39, 0.29) is 5.91 Å². The number of carboxylic acids is 1. The first-order valence-electron chi connectivity index (χ1n) is 7.60. The average Bonchev–Trinajstić information content (AvgIpc) is 2.86. The smallest absolute Gasteiger partial charge is 0.326 e. The fourth-order valence-corrected chi connectivity index (χ4v) is 4.07. The molecule has 1 saturated heterocycles. The Labute approximate surface area is 129 Å². The van der Waals surface area contributed by atoms with Gasteiger partial charge >= 0.3 is 5.97 Å². The van der Waals surface area contributed by atoms with Gasteiger partial charge in [0.2, 0.25) is 0 Å². The van der Waals surface area contributed by atoms with Crippen LogP contribution in [0.5, 0.6) is 0 Å². The Bertz CT molecular complexity index is 538.